The van der Waals surface area contributed by atoms with Crippen LogP contribution in [0.3, 0.4) is 0 Å². The largest absolute Gasteiger partial charge is 0.395 e. The molecule has 0 unspecified atom stereocenters. The van der Waals surface area contributed by atoms with Gasteiger partial charge in [-0.15, -0.1) is 10.1 Å². The highest BCUT2D eigenvalue weighted by Crippen LogP contribution is 2.22. The Morgan fingerprint density at radius 3 is 1.37 bits per heavy atom. The van der Waals surface area contributed by atoms with Crippen LogP contribution >= 0.6 is 0 Å². The molecule has 0 radical (unpaired) electrons. The summed E-state index contributed by atoms with van der Waals surface area (Å²) in [6, 6.07) is 13.0. The summed E-state index contributed by atoms with van der Waals surface area (Å²) in [4.78, 5) is 54.9. The molecule has 0 fully saturated rings. The molecule has 2 N–H and O–H groups in total. The van der Waals surface area contributed by atoms with Crippen molar-refractivity contribution in [1.82, 2.24) is 19.9 Å². The molecule has 4 amide bonds. The zero-order valence-electron chi connectivity index (χ0n) is 20.2. The van der Waals surface area contributed by atoms with Gasteiger partial charge in [0.2, 0.25) is 0 Å². The number of aliphatic hydroxyl groups is 1. The van der Waals surface area contributed by atoms with E-state index < -0.39 is 11.8 Å². The molecule has 0 saturated heterocycles. The average Bonchev–Trinajstić information content (AvgIpc) is 3.20. The Balaban J connectivity index is 0.000000209. The van der Waals surface area contributed by atoms with E-state index in [2.05, 4.69) is 0 Å². The molecule has 2 aliphatic heterocycles. The molecule has 0 saturated carbocycles. The predicted molar refractivity (Wildman–Crippen MR) is 126 cm³/mol. The topological polar surface area (TPSA) is 131 Å². The van der Waals surface area contributed by atoms with E-state index >= 15 is 0 Å². The van der Waals surface area contributed by atoms with E-state index in [9.17, 15) is 19.2 Å². The Kier molecular flexibility index (Phi) is 10.2. The molecule has 2 aliphatic rings. The van der Waals surface area contributed by atoms with Gasteiger partial charge in [0.05, 0.1) is 35.5 Å². The van der Waals surface area contributed by atoms with Crippen molar-refractivity contribution in [3.05, 3.63) is 70.8 Å². The molecular formula is C24H30N4O7. The van der Waals surface area contributed by atoms with Crippen molar-refractivity contribution in [2.24, 2.45) is 0 Å². The summed E-state index contributed by atoms with van der Waals surface area (Å²) in [7, 11) is 7.64. The van der Waals surface area contributed by atoms with Crippen LogP contribution in [0.2, 0.25) is 0 Å². The monoisotopic (exact) mass is 486 g/mol. The number of carbonyl (C=O) groups is 4. The number of nitrogens with zero attached hydrogens (tertiary/aromatic N) is 4. The molecule has 11 heteroatoms. The number of hydrogen-bond acceptors (Lipinski definition) is 9. The van der Waals surface area contributed by atoms with Crippen LogP contribution in [-0.2, 0) is 4.84 Å². The van der Waals surface area contributed by atoms with Crippen molar-refractivity contribution in [2.75, 3.05) is 54.5 Å². The molecule has 0 aromatic heterocycles. The fraction of sp³-hybridized carbons (Fsp3) is 0.333. The molecule has 0 aliphatic carbocycles. The summed E-state index contributed by atoms with van der Waals surface area (Å²) in [5, 5.41) is 18.1. The van der Waals surface area contributed by atoms with E-state index in [4.69, 9.17) is 15.2 Å². The lowest BCUT2D eigenvalue weighted by molar-refractivity contribution is -0.0938. The van der Waals surface area contributed by atoms with E-state index in [0.29, 0.717) is 24.3 Å². The van der Waals surface area contributed by atoms with Gasteiger partial charge >= 0.3 is 0 Å². The lowest BCUT2D eigenvalue weighted by Gasteiger charge is -2.15. The molecule has 188 valence electrons. The molecule has 2 aromatic carbocycles. The Morgan fingerprint density at radius 2 is 1.06 bits per heavy atom. The second-order valence-corrected chi connectivity index (χ2v) is 8.08. The maximum atomic E-state index is 11.8. The number of carbonyl (C=O) groups excluding carboxylic acids is 4. The quantitative estimate of drug-likeness (QED) is 0.453. The lowest BCUT2D eigenvalue weighted by atomic mass is 10.1. The highest BCUT2D eigenvalue weighted by molar-refractivity contribution is 6.21. The molecule has 0 spiro atoms. The van der Waals surface area contributed by atoms with Gasteiger partial charge in [-0.1, -0.05) is 24.3 Å². The van der Waals surface area contributed by atoms with E-state index in [-0.39, 0.29) is 34.6 Å². The van der Waals surface area contributed by atoms with Crippen molar-refractivity contribution < 1.29 is 34.3 Å². The van der Waals surface area contributed by atoms with Crippen LogP contribution in [0.5, 0.6) is 0 Å². The molecule has 35 heavy (non-hydrogen) atoms. The first-order valence-electron chi connectivity index (χ1n) is 10.8. The van der Waals surface area contributed by atoms with Gasteiger partial charge in [-0.05, 0) is 52.5 Å². The Hall–Kier alpha value is -3.48. The zero-order valence-corrected chi connectivity index (χ0v) is 20.2. The van der Waals surface area contributed by atoms with Gasteiger partial charge in [0.1, 0.15) is 0 Å². The minimum Gasteiger partial charge on any atom is -0.395 e. The van der Waals surface area contributed by atoms with Crippen molar-refractivity contribution in [3.8, 4) is 0 Å². The second kappa shape index (κ2) is 12.8. The molecule has 2 heterocycles. The number of aliphatic hydroxyl groups excluding tert-OH is 1. The predicted octanol–water partition coefficient (Wildman–Crippen LogP) is 0.988. The first-order chi connectivity index (χ1) is 16.6. The van der Waals surface area contributed by atoms with Crippen LogP contribution in [-0.4, -0.2) is 108 Å². The smallest absolute Gasteiger partial charge is 0.285 e. The first-order valence-corrected chi connectivity index (χ1v) is 10.8. The number of amides is 4. The van der Waals surface area contributed by atoms with Crippen LogP contribution < -0.4 is 0 Å². The van der Waals surface area contributed by atoms with Gasteiger partial charge in [-0.2, -0.15) is 0 Å². The third-order valence-electron chi connectivity index (χ3n) is 4.84. The number of hydrogen-bond donors (Lipinski definition) is 2. The number of likely N-dealkylation sites (N-methyl/N-ethyl adjacent to an activating group) is 2. The molecule has 2 aromatic rings. The van der Waals surface area contributed by atoms with Gasteiger partial charge in [0, 0.05) is 13.1 Å². The van der Waals surface area contributed by atoms with Gasteiger partial charge in [0.15, 0.2) is 0 Å². The summed E-state index contributed by atoms with van der Waals surface area (Å²) >= 11 is 0. The summed E-state index contributed by atoms with van der Waals surface area (Å²) < 4.78 is 0. The van der Waals surface area contributed by atoms with Gasteiger partial charge in [0.25, 0.3) is 23.6 Å². The number of fused-ring (bicyclic) bond motifs is 2. The fourth-order valence-corrected chi connectivity index (χ4v) is 2.98. The lowest BCUT2D eigenvalue weighted by Crippen LogP contribution is -2.32. The summed E-state index contributed by atoms with van der Waals surface area (Å²) in [5.74, 6) is -2.08. The number of imide groups is 2. The minimum atomic E-state index is -0.657. The fourth-order valence-electron chi connectivity index (χ4n) is 2.98. The van der Waals surface area contributed by atoms with Gasteiger partial charge in [-0.25, -0.2) is 0 Å². The Labute approximate surface area is 203 Å². The van der Waals surface area contributed by atoms with Gasteiger partial charge < -0.3 is 14.9 Å². The molecule has 0 atom stereocenters. The molecular weight excluding hydrogens is 456 g/mol. The molecule has 11 nitrogen and oxygen atoms in total. The third-order valence-corrected chi connectivity index (χ3v) is 4.84. The molecule has 4 rings (SSSR count). The number of rotatable bonds is 6. The standard InChI is InChI=1S/C12H14N2O3.C8H5NO3.C4H11NO/c1-13(2)7-8-17-14-11(15)9-5-3-4-6-10(9)12(14)16;10-7-5-3-1-2-4-6(5)8(11)9(7)12;1-5(2)3-4-6/h3-6H,7-8H2,1-2H3;1-4,12H;6H,3-4H2,1-2H3. The van der Waals surface area contributed by atoms with Gasteiger partial charge in [-0.3, -0.25) is 29.2 Å². The third kappa shape index (κ3) is 7.01. The minimum absolute atomic E-state index is 0.130. The van der Waals surface area contributed by atoms with Crippen molar-refractivity contribution in [1.29, 1.82) is 0 Å². The highest BCUT2D eigenvalue weighted by atomic mass is 16.7. The summed E-state index contributed by atoms with van der Waals surface area (Å²) in [5.41, 5.74) is 1.32. The van der Waals surface area contributed by atoms with Crippen LogP contribution in [0.15, 0.2) is 48.5 Å². The van der Waals surface area contributed by atoms with Crippen LogP contribution in [0.4, 0.5) is 0 Å². The van der Waals surface area contributed by atoms with E-state index in [0.717, 1.165) is 11.6 Å². The maximum Gasteiger partial charge on any atom is 0.285 e. The number of benzene rings is 2. The van der Waals surface area contributed by atoms with Crippen molar-refractivity contribution in [2.45, 2.75) is 0 Å². The highest BCUT2D eigenvalue weighted by Gasteiger charge is 2.36. The van der Waals surface area contributed by atoms with Crippen LogP contribution in [0, 0.1) is 0 Å². The molecule has 0 bridgehead atoms. The summed E-state index contributed by atoms with van der Waals surface area (Å²) in [6.45, 7) is 1.97. The number of hydroxylamine groups is 4. The zero-order chi connectivity index (χ0) is 26.1. The van der Waals surface area contributed by atoms with Crippen LogP contribution in [0.25, 0.3) is 0 Å². The summed E-state index contributed by atoms with van der Waals surface area (Å²) in [6.07, 6.45) is 0. The maximum absolute atomic E-state index is 11.8. The average molecular weight is 487 g/mol. The van der Waals surface area contributed by atoms with E-state index in [1.165, 1.54) is 12.1 Å². The van der Waals surface area contributed by atoms with E-state index in [1.807, 2.05) is 38.0 Å². The van der Waals surface area contributed by atoms with Crippen molar-refractivity contribution >= 4 is 23.6 Å². The Bertz CT molecular complexity index is 1000. The Morgan fingerprint density at radius 1 is 0.686 bits per heavy atom. The first kappa shape index (κ1) is 27.8. The normalized spacial score (nSPS) is 14.1. The van der Waals surface area contributed by atoms with Crippen LogP contribution in [0.1, 0.15) is 41.4 Å². The second-order valence-electron chi connectivity index (χ2n) is 8.08. The SMILES string of the molecule is CN(C)CCO.CN(C)CCON1C(=O)c2ccccc2C1=O.O=C1c2ccccc2C(=O)N1O. The van der Waals surface area contributed by atoms with Crippen molar-refractivity contribution in [3.63, 3.8) is 0 Å². The van der Waals surface area contributed by atoms with E-state index in [1.54, 1.807) is 36.4 Å².